The van der Waals surface area contributed by atoms with Gasteiger partial charge in [-0.15, -0.1) is 0 Å². The number of carbonyl (C=O) groups is 2. The number of hydrogen-bond acceptors (Lipinski definition) is 6. The molecule has 156 valence electrons. The summed E-state index contributed by atoms with van der Waals surface area (Å²) in [4.78, 5) is 23.1. The van der Waals surface area contributed by atoms with Crippen molar-refractivity contribution in [3.63, 3.8) is 0 Å². The van der Waals surface area contributed by atoms with Gasteiger partial charge in [0.25, 0.3) is 5.79 Å². The van der Waals surface area contributed by atoms with Gasteiger partial charge < -0.3 is 24.8 Å². The average Bonchev–Trinajstić information content (AvgIpc) is 3.00. The van der Waals surface area contributed by atoms with E-state index in [0.717, 1.165) is 12.0 Å². The summed E-state index contributed by atoms with van der Waals surface area (Å²) in [6.45, 7) is 3.52. The first-order chi connectivity index (χ1) is 13.7. The van der Waals surface area contributed by atoms with Crippen molar-refractivity contribution in [1.82, 2.24) is 0 Å². The Morgan fingerprint density at radius 1 is 1.21 bits per heavy atom. The number of allylic oxidation sites excluding steroid dienone is 3. The number of carbonyl (C=O) groups excluding carboxylic acids is 1. The SMILES string of the molecule is CO[C@@]1(c2cc(O)ccc2O)C=C(CC/C=C(\C)CC/C=C(\C)C(=O)O)C(=O)O1. The van der Waals surface area contributed by atoms with Crippen molar-refractivity contribution in [2.24, 2.45) is 0 Å². The molecule has 0 spiro atoms. The highest BCUT2D eigenvalue weighted by atomic mass is 16.7. The molecule has 2 rings (SSSR count). The van der Waals surface area contributed by atoms with Crippen LogP contribution in [0.15, 0.2) is 53.1 Å². The Morgan fingerprint density at radius 2 is 1.93 bits per heavy atom. The topological polar surface area (TPSA) is 113 Å². The maximum atomic E-state index is 12.3. The number of benzene rings is 1. The molecule has 0 fully saturated rings. The third-order valence-electron chi connectivity index (χ3n) is 4.76. The predicted molar refractivity (Wildman–Crippen MR) is 106 cm³/mol. The van der Waals surface area contributed by atoms with Crippen LogP contribution in [0.4, 0.5) is 0 Å². The zero-order chi connectivity index (χ0) is 21.6. The summed E-state index contributed by atoms with van der Waals surface area (Å²) in [6, 6.07) is 3.92. The maximum Gasteiger partial charge on any atom is 0.336 e. The molecule has 1 atom stereocenters. The molecule has 7 heteroatoms. The Labute approximate surface area is 169 Å². The van der Waals surface area contributed by atoms with Crippen LogP contribution in [0, 0.1) is 0 Å². The molecule has 1 aromatic rings. The van der Waals surface area contributed by atoms with E-state index in [1.807, 2.05) is 13.0 Å². The van der Waals surface area contributed by atoms with E-state index in [1.54, 1.807) is 13.0 Å². The second-order valence-corrected chi connectivity index (χ2v) is 6.95. The number of hydrogen-bond donors (Lipinski definition) is 3. The molecule has 1 aliphatic rings. The van der Waals surface area contributed by atoms with Crippen molar-refractivity contribution >= 4 is 11.9 Å². The molecule has 1 aliphatic heterocycles. The summed E-state index contributed by atoms with van der Waals surface area (Å²) in [5.74, 6) is -3.28. The van der Waals surface area contributed by atoms with E-state index in [-0.39, 0.29) is 17.1 Å². The quantitative estimate of drug-likeness (QED) is 0.248. The van der Waals surface area contributed by atoms with Crippen LogP contribution in [0.1, 0.15) is 45.1 Å². The minimum Gasteiger partial charge on any atom is -0.508 e. The van der Waals surface area contributed by atoms with Crippen LogP contribution in [-0.4, -0.2) is 34.4 Å². The monoisotopic (exact) mass is 402 g/mol. The predicted octanol–water partition coefficient (Wildman–Crippen LogP) is 3.92. The minimum atomic E-state index is -1.58. The molecular weight excluding hydrogens is 376 g/mol. The van der Waals surface area contributed by atoms with E-state index in [0.29, 0.717) is 30.4 Å². The standard InChI is InChI=1S/C22H26O7/c1-14(6-4-8-15(2)20(25)26)7-5-9-16-13-22(28-3,29-21(16)27)18-12-17(23)10-11-19(18)24/h7-8,10-13,23-24H,4-6,9H2,1-3H3,(H,25,26)/b14-7+,15-8+/t22-/m0/s1. The molecule has 3 N–H and O–H groups in total. The zero-order valence-electron chi connectivity index (χ0n) is 16.8. The largest absolute Gasteiger partial charge is 0.508 e. The third kappa shape index (κ3) is 5.48. The Morgan fingerprint density at radius 3 is 2.59 bits per heavy atom. The summed E-state index contributed by atoms with van der Waals surface area (Å²) in [6.07, 6.45) is 7.58. The number of aromatic hydroxyl groups is 2. The lowest BCUT2D eigenvalue weighted by atomic mass is 10.0. The Balaban J connectivity index is 2.05. The molecule has 1 heterocycles. The number of methoxy groups -OCH3 is 1. The average molecular weight is 402 g/mol. The van der Waals surface area contributed by atoms with Crippen LogP contribution in [0.5, 0.6) is 11.5 Å². The molecule has 0 aliphatic carbocycles. The zero-order valence-corrected chi connectivity index (χ0v) is 16.8. The van der Waals surface area contributed by atoms with Crippen molar-refractivity contribution < 1.29 is 34.4 Å². The van der Waals surface area contributed by atoms with E-state index in [9.17, 15) is 19.8 Å². The van der Waals surface area contributed by atoms with Crippen LogP contribution < -0.4 is 0 Å². The molecule has 0 unspecified atom stereocenters. The first kappa shape index (κ1) is 22.2. The molecule has 0 amide bonds. The number of carboxylic acid groups (broad SMARTS) is 1. The number of esters is 1. The van der Waals surface area contributed by atoms with Gasteiger partial charge in [-0.1, -0.05) is 17.7 Å². The maximum absolute atomic E-state index is 12.3. The van der Waals surface area contributed by atoms with Crippen LogP contribution in [-0.2, 0) is 24.8 Å². The van der Waals surface area contributed by atoms with Gasteiger partial charge in [0.2, 0.25) is 0 Å². The number of phenols is 2. The van der Waals surface area contributed by atoms with Gasteiger partial charge in [0.15, 0.2) is 0 Å². The highest BCUT2D eigenvalue weighted by Crippen LogP contribution is 2.42. The molecule has 0 aromatic heterocycles. The summed E-state index contributed by atoms with van der Waals surface area (Å²) in [7, 11) is 1.35. The van der Waals surface area contributed by atoms with Gasteiger partial charge in [-0.3, -0.25) is 0 Å². The summed E-state index contributed by atoms with van der Waals surface area (Å²) >= 11 is 0. The van der Waals surface area contributed by atoms with Gasteiger partial charge in [-0.2, -0.15) is 0 Å². The fourth-order valence-corrected chi connectivity index (χ4v) is 3.02. The molecule has 0 bridgehead atoms. The van der Waals surface area contributed by atoms with Crippen LogP contribution in [0.2, 0.25) is 0 Å². The molecule has 0 saturated heterocycles. The van der Waals surface area contributed by atoms with Crippen molar-refractivity contribution in [2.45, 2.75) is 45.3 Å². The van der Waals surface area contributed by atoms with Crippen LogP contribution in [0.25, 0.3) is 0 Å². The first-order valence-corrected chi connectivity index (χ1v) is 9.27. The number of rotatable bonds is 9. The fraction of sp³-hybridized carbons (Fsp3) is 0.364. The minimum absolute atomic E-state index is 0.0853. The van der Waals surface area contributed by atoms with Gasteiger partial charge in [-0.05, 0) is 57.7 Å². The normalized spacial score (nSPS) is 19.8. The lowest BCUT2D eigenvalue weighted by molar-refractivity contribution is -0.193. The lowest BCUT2D eigenvalue weighted by Gasteiger charge is -2.25. The Hall–Kier alpha value is -3.06. The smallest absolute Gasteiger partial charge is 0.336 e. The first-order valence-electron chi connectivity index (χ1n) is 9.27. The van der Waals surface area contributed by atoms with E-state index >= 15 is 0 Å². The van der Waals surface area contributed by atoms with Crippen molar-refractivity contribution in [3.05, 3.63) is 58.7 Å². The number of ether oxygens (including phenoxy) is 2. The number of phenolic OH excluding ortho intramolecular Hbond substituents is 2. The van der Waals surface area contributed by atoms with Gasteiger partial charge in [0.05, 0.1) is 5.56 Å². The summed E-state index contributed by atoms with van der Waals surface area (Å²) < 4.78 is 10.8. The van der Waals surface area contributed by atoms with Gasteiger partial charge in [0.1, 0.15) is 11.5 Å². The second-order valence-electron chi connectivity index (χ2n) is 6.95. The van der Waals surface area contributed by atoms with E-state index in [1.165, 1.54) is 31.4 Å². The van der Waals surface area contributed by atoms with Crippen LogP contribution in [0.3, 0.4) is 0 Å². The summed E-state index contributed by atoms with van der Waals surface area (Å²) in [5, 5.41) is 28.7. The van der Waals surface area contributed by atoms with Gasteiger partial charge >= 0.3 is 11.9 Å². The number of cyclic esters (lactones) is 1. The Bertz CT molecular complexity index is 879. The number of aliphatic carboxylic acids is 1. The second kappa shape index (κ2) is 9.43. The van der Waals surface area contributed by atoms with E-state index in [4.69, 9.17) is 14.6 Å². The molecule has 1 aromatic carbocycles. The highest BCUT2D eigenvalue weighted by molar-refractivity contribution is 5.91. The van der Waals surface area contributed by atoms with E-state index in [2.05, 4.69) is 0 Å². The molecule has 7 nitrogen and oxygen atoms in total. The highest BCUT2D eigenvalue weighted by Gasteiger charge is 2.43. The van der Waals surface area contributed by atoms with Gasteiger partial charge in [-0.25, -0.2) is 9.59 Å². The van der Waals surface area contributed by atoms with Gasteiger partial charge in [0, 0.05) is 24.3 Å². The summed E-state index contributed by atoms with van der Waals surface area (Å²) in [5.41, 5.74) is 1.98. The van der Waals surface area contributed by atoms with Crippen LogP contribution >= 0.6 is 0 Å². The van der Waals surface area contributed by atoms with E-state index < -0.39 is 17.7 Å². The number of carboxylic acids is 1. The molecule has 0 radical (unpaired) electrons. The molecule has 0 saturated carbocycles. The van der Waals surface area contributed by atoms with Crippen molar-refractivity contribution in [1.29, 1.82) is 0 Å². The van der Waals surface area contributed by atoms with Crippen molar-refractivity contribution in [3.8, 4) is 11.5 Å². The lowest BCUT2D eigenvalue weighted by Crippen LogP contribution is -2.27. The third-order valence-corrected chi connectivity index (χ3v) is 4.76. The Kier molecular flexibility index (Phi) is 7.23. The fourth-order valence-electron chi connectivity index (χ4n) is 3.02. The van der Waals surface area contributed by atoms with Crippen molar-refractivity contribution in [2.75, 3.05) is 7.11 Å². The molecular formula is C22H26O7. The molecule has 29 heavy (non-hydrogen) atoms.